The third kappa shape index (κ3) is 6.47. The molecule has 0 unspecified atom stereocenters. The molecule has 7 nitrogen and oxygen atoms in total. The lowest BCUT2D eigenvalue weighted by molar-refractivity contribution is -0.116. The molecule has 2 rings (SSSR count). The Kier molecular flexibility index (Phi) is 9.11. The van der Waals surface area contributed by atoms with Crippen molar-refractivity contribution < 1.29 is 26.8 Å². The number of rotatable bonds is 10. The van der Waals surface area contributed by atoms with E-state index in [1.165, 1.54) is 22.5 Å². The van der Waals surface area contributed by atoms with Gasteiger partial charge < -0.3 is 10.6 Å². The number of carbonyl (C=O) groups is 2. The van der Waals surface area contributed by atoms with Crippen molar-refractivity contribution >= 4 is 39.1 Å². The SMILES string of the molecule is CCN(CC)S(=O)(=O)c1ccc(Cl)c(NC(=O)CCCNC(=O)c2ccc(F)cc2F)c1. The third-order valence-corrected chi connectivity index (χ3v) is 6.97. The maximum Gasteiger partial charge on any atom is 0.254 e. The average molecular weight is 488 g/mol. The van der Waals surface area contributed by atoms with Crippen LogP contribution in [0.4, 0.5) is 14.5 Å². The highest BCUT2D eigenvalue weighted by atomic mass is 35.5. The number of nitrogens with zero attached hydrogens (tertiary/aromatic N) is 1. The van der Waals surface area contributed by atoms with Crippen molar-refractivity contribution in [2.45, 2.75) is 31.6 Å². The minimum Gasteiger partial charge on any atom is -0.352 e. The van der Waals surface area contributed by atoms with Gasteiger partial charge in [0.2, 0.25) is 15.9 Å². The van der Waals surface area contributed by atoms with Crippen LogP contribution < -0.4 is 10.6 Å². The molecule has 32 heavy (non-hydrogen) atoms. The van der Waals surface area contributed by atoms with E-state index >= 15 is 0 Å². The number of sulfonamides is 1. The lowest BCUT2D eigenvalue weighted by Crippen LogP contribution is -2.30. The summed E-state index contributed by atoms with van der Waals surface area (Å²) in [6.45, 7) is 4.13. The molecule has 0 radical (unpaired) electrons. The van der Waals surface area contributed by atoms with Gasteiger partial charge >= 0.3 is 0 Å². The van der Waals surface area contributed by atoms with Crippen LogP contribution in [0.2, 0.25) is 5.02 Å². The molecule has 0 aliphatic heterocycles. The van der Waals surface area contributed by atoms with E-state index in [0.29, 0.717) is 19.2 Å². The van der Waals surface area contributed by atoms with Crippen molar-refractivity contribution in [3.05, 3.63) is 58.6 Å². The molecule has 0 saturated carbocycles. The minimum absolute atomic E-state index is 0.00443. The Bertz CT molecular complexity index is 1090. The number of nitrogens with one attached hydrogen (secondary N) is 2. The predicted octanol–water partition coefficient (Wildman–Crippen LogP) is 3.80. The Hall–Kier alpha value is -2.56. The first kappa shape index (κ1) is 25.7. The fourth-order valence-corrected chi connectivity index (χ4v) is 4.56. The van der Waals surface area contributed by atoms with Gasteiger partial charge in [0.15, 0.2) is 0 Å². The Balaban J connectivity index is 1.93. The first-order valence-corrected chi connectivity index (χ1v) is 11.7. The lowest BCUT2D eigenvalue weighted by Gasteiger charge is -2.19. The van der Waals surface area contributed by atoms with Gasteiger partial charge in [-0.3, -0.25) is 9.59 Å². The summed E-state index contributed by atoms with van der Waals surface area (Å²) in [5, 5.41) is 5.19. The Morgan fingerprint density at radius 3 is 2.38 bits per heavy atom. The van der Waals surface area contributed by atoms with E-state index in [2.05, 4.69) is 10.6 Å². The van der Waals surface area contributed by atoms with Crippen molar-refractivity contribution in [2.75, 3.05) is 25.0 Å². The third-order valence-electron chi connectivity index (χ3n) is 4.60. The summed E-state index contributed by atoms with van der Waals surface area (Å²) in [5.74, 6) is -2.93. The van der Waals surface area contributed by atoms with E-state index in [4.69, 9.17) is 11.6 Å². The van der Waals surface area contributed by atoms with Crippen LogP contribution in [0.15, 0.2) is 41.3 Å². The van der Waals surface area contributed by atoms with E-state index in [-0.39, 0.29) is 40.6 Å². The van der Waals surface area contributed by atoms with Gasteiger partial charge in [-0.1, -0.05) is 25.4 Å². The van der Waals surface area contributed by atoms with Crippen molar-refractivity contribution in [3.63, 3.8) is 0 Å². The Morgan fingerprint density at radius 1 is 1.06 bits per heavy atom. The van der Waals surface area contributed by atoms with Gasteiger partial charge in [0.05, 0.1) is 21.2 Å². The van der Waals surface area contributed by atoms with Gasteiger partial charge in [-0.2, -0.15) is 4.31 Å². The number of anilines is 1. The highest BCUT2D eigenvalue weighted by Crippen LogP contribution is 2.27. The van der Waals surface area contributed by atoms with Crippen LogP contribution in [-0.4, -0.2) is 44.2 Å². The molecule has 11 heteroatoms. The van der Waals surface area contributed by atoms with Crippen molar-refractivity contribution in [1.29, 1.82) is 0 Å². The first-order chi connectivity index (χ1) is 15.1. The number of amides is 2. The molecule has 2 aromatic carbocycles. The lowest BCUT2D eigenvalue weighted by atomic mass is 10.2. The van der Waals surface area contributed by atoms with Crippen LogP contribution in [0.5, 0.6) is 0 Å². The molecule has 0 fully saturated rings. The number of benzene rings is 2. The maximum atomic E-state index is 13.6. The van der Waals surface area contributed by atoms with Crippen LogP contribution in [0.25, 0.3) is 0 Å². The summed E-state index contributed by atoms with van der Waals surface area (Å²) in [4.78, 5) is 24.2. The van der Waals surface area contributed by atoms with E-state index in [0.717, 1.165) is 12.1 Å². The van der Waals surface area contributed by atoms with E-state index in [1.807, 2.05) is 0 Å². The zero-order valence-electron chi connectivity index (χ0n) is 17.6. The second-order valence-electron chi connectivity index (χ2n) is 6.76. The Morgan fingerprint density at radius 2 is 1.75 bits per heavy atom. The fraction of sp³-hybridized carbons (Fsp3) is 0.333. The molecule has 0 spiro atoms. The number of hydrogen-bond acceptors (Lipinski definition) is 4. The highest BCUT2D eigenvalue weighted by molar-refractivity contribution is 7.89. The van der Waals surface area contributed by atoms with Gasteiger partial charge in [0.1, 0.15) is 11.6 Å². The average Bonchev–Trinajstić information content (AvgIpc) is 2.73. The van der Waals surface area contributed by atoms with Gasteiger partial charge in [0.25, 0.3) is 5.91 Å². The summed E-state index contributed by atoms with van der Waals surface area (Å²) in [6, 6.07) is 6.69. The molecular formula is C21H24ClF2N3O4S. The molecule has 0 aromatic heterocycles. The monoisotopic (exact) mass is 487 g/mol. The summed E-state index contributed by atoms with van der Waals surface area (Å²) >= 11 is 6.09. The largest absolute Gasteiger partial charge is 0.352 e. The zero-order chi connectivity index (χ0) is 23.9. The molecule has 0 aliphatic carbocycles. The normalized spacial score (nSPS) is 11.4. The van der Waals surface area contributed by atoms with Crippen LogP contribution in [-0.2, 0) is 14.8 Å². The molecule has 2 amide bonds. The van der Waals surface area contributed by atoms with Crippen molar-refractivity contribution in [1.82, 2.24) is 9.62 Å². The fourth-order valence-electron chi connectivity index (χ4n) is 2.91. The zero-order valence-corrected chi connectivity index (χ0v) is 19.2. The second kappa shape index (κ2) is 11.3. The molecule has 0 aliphatic rings. The quantitative estimate of drug-likeness (QED) is 0.498. The van der Waals surface area contributed by atoms with Crippen LogP contribution in [0, 0.1) is 11.6 Å². The summed E-state index contributed by atoms with van der Waals surface area (Å²) in [6.07, 6.45) is 0.227. The van der Waals surface area contributed by atoms with Crippen molar-refractivity contribution in [3.8, 4) is 0 Å². The smallest absolute Gasteiger partial charge is 0.254 e. The summed E-state index contributed by atoms with van der Waals surface area (Å²) in [7, 11) is -3.72. The van der Waals surface area contributed by atoms with Gasteiger partial charge in [-0.05, 0) is 36.8 Å². The highest BCUT2D eigenvalue weighted by Gasteiger charge is 2.22. The van der Waals surface area contributed by atoms with E-state index < -0.39 is 33.5 Å². The van der Waals surface area contributed by atoms with Gasteiger partial charge in [0, 0.05) is 32.1 Å². The number of hydrogen-bond donors (Lipinski definition) is 2. The molecule has 2 aromatic rings. The topological polar surface area (TPSA) is 95.6 Å². The first-order valence-electron chi connectivity index (χ1n) is 9.93. The van der Waals surface area contributed by atoms with E-state index in [9.17, 15) is 26.8 Å². The molecular weight excluding hydrogens is 464 g/mol. The van der Waals surface area contributed by atoms with Crippen LogP contribution >= 0.6 is 11.6 Å². The Labute approximate surface area is 190 Å². The predicted molar refractivity (Wildman–Crippen MR) is 118 cm³/mol. The summed E-state index contributed by atoms with van der Waals surface area (Å²) in [5.41, 5.74) is -0.142. The van der Waals surface area contributed by atoms with E-state index in [1.54, 1.807) is 13.8 Å². The molecule has 0 heterocycles. The molecule has 0 saturated heterocycles. The summed E-state index contributed by atoms with van der Waals surface area (Å²) < 4.78 is 53.1. The van der Waals surface area contributed by atoms with Crippen molar-refractivity contribution in [2.24, 2.45) is 0 Å². The standard InChI is InChI=1S/C21H24ClF2N3O4S/c1-3-27(4-2)32(30,31)15-8-10-17(22)19(13-15)26-20(28)6-5-11-25-21(29)16-9-7-14(23)12-18(16)24/h7-10,12-13H,3-6,11H2,1-2H3,(H,25,29)(H,26,28). The van der Waals surface area contributed by atoms with Crippen LogP contribution in [0.1, 0.15) is 37.0 Å². The second-order valence-corrected chi connectivity index (χ2v) is 9.11. The molecule has 0 atom stereocenters. The molecule has 0 bridgehead atoms. The molecule has 2 N–H and O–H groups in total. The van der Waals surface area contributed by atoms with Crippen LogP contribution in [0.3, 0.4) is 0 Å². The maximum absolute atomic E-state index is 13.6. The number of halogens is 3. The van der Waals surface area contributed by atoms with Gasteiger partial charge in [-0.15, -0.1) is 0 Å². The number of carbonyl (C=O) groups excluding carboxylic acids is 2. The van der Waals surface area contributed by atoms with Gasteiger partial charge in [-0.25, -0.2) is 17.2 Å². The molecule has 174 valence electrons. The minimum atomic E-state index is -3.72.